The SMILES string of the molecule is [2H]C([2H])(Oc1ccc(CC(OC)C(=O)OC)c2sccc12)C([2H])([2H])c1nc(-c2ccccc2)oc1C. The van der Waals surface area contributed by atoms with Gasteiger partial charge in [0.25, 0.3) is 0 Å². The third kappa shape index (κ3) is 4.69. The van der Waals surface area contributed by atoms with E-state index in [1.165, 1.54) is 25.6 Å². The molecule has 4 aromatic rings. The van der Waals surface area contributed by atoms with Crippen molar-refractivity contribution < 1.29 is 28.9 Å². The van der Waals surface area contributed by atoms with Crippen LogP contribution in [0.15, 0.2) is 58.3 Å². The highest BCUT2D eigenvalue weighted by Gasteiger charge is 2.21. The Labute approximate surface area is 196 Å². The highest BCUT2D eigenvalue weighted by Crippen LogP contribution is 2.34. The molecule has 0 spiro atoms. The first-order chi connectivity index (χ1) is 17.1. The number of esters is 1. The molecule has 2 aromatic heterocycles. The number of nitrogens with zero attached hydrogens (tertiary/aromatic N) is 1. The molecule has 7 heteroatoms. The van der Waals surface area contributed by atoms with Gasteiger partial charge in [0.2, 0.25) is 5.89 Å². The number of carbonyl (C=O) groups is 1. The third-order valence-corrected chi connectivity index (χ3v) is 5.95. The summed E-state index contributed by atoms with van der Waals surface area (Å²) in [4.78, 5) is 16.2. The van der Waals surface area contributed by atoms with Crippen molar-refractivity contribution in [3.63, 3.8) is 0 Å². The van der Waals surface area contributed by atoms with Crippen LogP contribution < -0.4 is 4.74 Å². The zero-order valence-corrected chi connectivity index (χ0v) is 18.7. The van der Waals surface area contributed by atoms with Crippen LogP contribution >= 0.6 is 11.3 Å². The van der Waals surface area contributed by atoms with E-state index in [9.17, 15) is 4.79 Å². The van der Waals surface area contributed by atoms with Crippen LogP contribution in [-0.2, 0) is 27.1 Å². The first kappa shape index (κ1) is 17.4. The highest BCUT2D eigenvalue weighted by atomic mass is 32.1. The predicted octanol–water partition coefficient (Wildman–Crippen LogP) is 5.22. The monoisotopic (exact) mass is 455 g/mol. The molecule has 1 unspecified atom stereocenters. The van der Waals surface area contributed by atoms with E-state index in [2.05, 4.69) is 4.98 Å². The van der Waals surface area contributed by atoms with Crippen molar-refractivity contribution in [3.8, 4) is 17.2 Å². The van der Waals surface area contributed by atoms with Crippen molar-refractivity contribution >= 4 is 27.4 Å². The maximum Gasteiger partial charge on any atom is 0.335 e. The molecule has 0 aliphatic carbocycles. The highest BCUT2D eigenvalue weighted by molar-refractivity contribution is 7.17. The van der Waals surface area contributed by atoms with Gasteiger partial charge in [-0.2, -0.15) is 0 Å². The van der Waals surface area contributed by atoms with Crippen molar-refractivity contribution in [2.75, 3.05) is 20.8 Å². The number of hydrogen-bond acceptors (Lipinski definition) is 7. The first-order valence-corrected chi connectivity index (χ1v) is 10.8. The van der Waals surface area contributed by atoms with Crippen LogP contribution in [0.3, 0.4) is 0 Å². The van der Waals surface area contributed by atoms with E-state index in [0.29, 0.717) is 10.9 Å². The van der Waals surface area contributed by atoms with E-state index in [4.69, 9.17) is 24.1 Å². The largest absolute Gasteiger partial charge is 0.493 e. The molecule has 0 saturated heterocycles. The summed E-state index contributed by atoms with van der Waals surface area (Å²) in [6.07, 6.45) is -3.17. The lowest BCUT2D eigenvalue weighted by atomic mass is 10.1. The van der Waals surface area contributed by atoms with Gasteiger partial charge >= 0.3 is 5.97 Å². The van der Waals surface area contributed by atoms with Crippen molar-refractivity contribution in [3.05, 3.63) is 70.9 Å². The van der Waals surface area contributed by atoms with Crippen molar-refractivity contribution in [1.29, 1.82) is 0 Å². The van der Waals surface area contributed by atoms with Gasteiger partial charge in [-0.25, -0.2) is 9.78 Å². The Hall–Kier alpha value is -3.16. The standard InChI is InChI=1S/C25H25NO5S/c1-16-20(26-24(31-16)17-7-5-4-6-8-17)11-13-30-21-10-9-18(23-19(21)12-14-32-23)15-22(28-2)25(27)29-3/h4-10,12,14,22H,11,13,15H2,1-3H3/i11D2,13D2. The number of thiophene rings is 1. The summed E-state index contributed by atoms with van der Waals surface area (Å²) in [6.45, 7) is -1.25. The number of methoxy groups -OCH3 is 2. The molecule has 0 N–H and O–H groups in total. The Balaban J connectivity index is 1.64. The molecule has 0 fully saturated rings. The topological polar surface area (TPSA) is 70.8 Å². The average Bonchev–Trinajstić information content (AvgIpc) is 3.51. The fourth-order valence-corrected chi connectivity index (χ4v) is 4.22. The van der Waals surface area contributed by atoms with Gasteiger partial charge in [0.15, 0.2) is 6.10 Å². The number of carbonyl (C=O) groups excluding carboxylic acids is 1. The zero-order chi connectivity index (χ0) is 26.1. The summed E-state index contributed by atoms with van der Waals surface area (Å²) >= 11 is 1.40. The molecule has 6 nitrogen and oxygen atoms in total. The fourth-order valence-electron chi connectivity index (χ4n) is 3.28. The van der Waals surface area contributed by atoms with Gasteiger partial charge in [0.05, 0.1) is 22.1 Å². The van der Waals surface area contributed by atoms with E-state index in [1.54, 1.807) is 49.4 Å². The first-order valence-electron chi connectivity index (χ1n) is 11.9. The number of aryl methyl sites for hydroxylation is 2. The molecule has 0 aliphatic rings. The Morgan fingerprint density at radius 1 is 1.19 bits per heavy atom. The molecule has 32 heavy (non-hydrogen) atoms. The van der Waals surface area contributed by atoms with Crippen molar-refractivity contribution in [2.24, 2.45) is 0 Å². The molecule has 4 rings (SSSR count). The number of benzene rings is 2. The molecule has 0 amide bonds. The Morgan fingerprint density at radius 3 is 2.75 bits per heavy atom. The summed E-state index contributed by atoms with van der Waals surface area (Å²) in [6, 6.07) is 14.0. The lowest BCUT2D eigenvalue weighted by Gasteiger charge is -2.14. The summed E-state index contributed by atoms with van der Waals surface area (Å²) in [7, 11) is 2.72. The Morgan fingerprint density at radius 2 is 2.00 bits per heavy atom. The number of oxazole rings is 1. The van der Waals surface area contributed by atoms with Crippen LogP contribution in [0.1, 0.15) is 22.5 Å². The molecule has 1 atom stereocenters. The van der Waals surface area contributed by atoms with E-state index >= 15 is 0 Å². The predicted molar refractivity (Wildman–Crippen MR) is 124 cm³/mol. The van der Waals surface area contributed by atoms with Gasteiger partial charge < -0.3 is 18.6 Å². The lowest BCUT2D eigenvalue weighted by Crippen LogP contribution is -2.26. The summed E-state index contributed by atoms with van der Waals surface area (Å²) in [5, 5.41) is 2.41. The average molecular weight is 456 g/mol. The number of rotatable bonds is 9. The molecular formula is C25H25NO5S. The lowest BCUT2D eigenvalue weighted by molar-refractivity contribution is -0.152. The number of ether oxygens (including phenoxy) is 3. The number of fused-ring (bicyclic) bond motifs is 1. The van der Waals surface area contributed by atoms with Crippen LogP contribution in [0.25, 0.3) is 21.5 Å². The second-order valence-corrected chi connectivity index (χ2v) is 7.87. The Bertz CT molecular complexity index is 1370. The minimum absolute atomic E-state index is 0.163. The molecule has 0 radical (unpaired) electrons. The van der Waals surface area contributed by atoms with Crippen LogP contribution in [-0.4, -0.2) is 37.8 Å². The van der Waals surface area contributed by atoms with Crippen LogP contribution in [0.4, 0.5) is 0 Å². The quantitative estimate of drug-likeness (QED) is 0.322. The minimum atomic E-state index is -2.79. The molecule has 2 heterocycles. The normalized spacial score (nSPS) is 14.8. The maximum absolute atomic E-state index is 12.0. The van der Waals surface area contributed by atoms with E-state index in [1.807, 2.05) is 11.4 Å². The van der Waals surface area contributed by atoms with Crippen molar-refractivity contribution in [1.82, 2.24) is 4.98 Å². The Kier molecular flexibility index (Phi) is 5.42. The van der Waals surface area contributed by atoms with E-state index in [0.717, 1.165) is 10.3 Å². The maximum atomic E-state index is 12.0. The second kappa shape index (κ2) is 9.97. The van der Waals surface area contributed by atoms with Crippen LogP contribution in [0.2, 0.25) is 0 Å². The summed E-state index contributed by atoms with van der Waals surface area (Å²) < 4.78 is 56.4. The van der Waals surface area contributed by atoms with Crippen molar-refractivity contribution in [2.45, 2.75) is 25.8 Å². The molecule has 0 aliphatic heterocycles. The minimum Gasteiger partial charge on any atom is -0.493 e. The van der Waals surface area contributed by atoms with Gasteiger partial charge in [0.1, 0.15) is 11.5 Å². The van der Waals surface area contributed by atoms with Crippen LogP contribution in [0, 0.1) is 6.92 Å². The molecule has 0 saturated carbocycles. The molecule has 166 valence electrons. The smallest absolute Gasteiger partial charge is 0.335 e. The third-order valence-electron chi connectivity index (χ3n) is 4.96. The number of aromatic nitrogens is 1. The van der Waals surface area contributed by atoms with E-state index in [-0.39, 0.29) is 29.5 Å². The summed E-state index contributed by atoms with van der Waals surface area (Å²) in [5.41, 5.74) is 1.28. The fraction of sp³-hybridized carbons (Fsp3) is 0.280. The molecule has 2 aromatic carbocycles. The van der Waals surface area contributed by atoms with Gasteiger partial charge in [-0.3, -0.25) is 0 Å². The van der Waals surface area contributed by atoms with Gasteiger partial charge in [-0.15, -0.1) is 11.3 Å². The number of hydrogen-bond donors (Lipinski definition) is 0. The van der Waals surface area contributed by atoms with Gasteiger partial charge in [-0.05, 0) is 42.1 Å². The zero-order valence-electron chi connectivity index (χ0n) is 21.9. The second-order valence-electron chi connectivity index (χ2n) is 6.96. The van der Waals surface area contributed by atoms with Gasteiger partial charge in [0, 0.05) is 38.3 Å². The molecular weight excluding hydrogens is 426 g/mol. The molecule has 0 bridgehead atoms. The van der Waals surface area contributed by atoms with E-state index < -0.39 is 25.0 Å². The van der Waals surface area contributed by atoms with Gasteiger partial charge in [-0.1, -0.05) is 24.3 Å². The summed E-state index contributed by atoms with van der Waals surface area (Å²) in [5.74, 6) is 0.0340. The van der Waals surface area contributed by atoms with Crippen LogP contribution in [0.5, 0.6) is 5.75 Å².